The lowest BCUT2D eigenvalue weighted by atomic mass is 10.2. The van der Waals surface area contributed by atoms with Crippen LogP contribution in [0, 0.1) is 6.92 Å². The Bertz CT molecular complexity index is 757. The van der Waals surface area contributed by atoms with Gasteiger partial charge in [-0.05, 0) is 30.7 Å². The SMILES string of the molecule is Cc1cc(C(F)F)n(CC(=O)Nc2cccc(CN3CCOCC3)c2)n1. The van der Waals surface area contributed by atoms with E-state index in [1.807, 2.05) is 18.2 Å². The summed E-state index contributed by atoms with van der Waals surface area (Å²) in [5.41, 5.74) is 1.93. The zero-order valence-electron chi connectivity index (χ0n) is 14.6. The number of ether oxygens (including phenoxy) is 1. The Morgan fingerprint density at radius 3 is 2.81 bits per heavy atom. The van der Waals surface area contributed by atoms with Crippen molar-refractivity contribution < 1.29 is 18.3 Å². The molecule has 1 N–H and O–H groups in total. The Morgan fingerprint density at radius 2 is 2.08 bits per heavy atom. The number of aromatic nitrogens is 2. The molecule has 0 unspecified atom stereocenters. The van der Waals surface area contributed by atoms with E-state index < -0.39 is 12.3 Å². The average molecular weight is 364 g/mol. The summed E-state index contributed by atoms with van der Waals surface area (Å²) in [5.74, 6) is -0.390. The number of alkyl halides is 2. The molecule has 140 valence electrons. The van der Waals surface area contributed by atoms with Gasteiger partial charge in [0.2, 0.25) is 5.91 Å². The maximum atomic E-state index is 13.0. The number of hydrogen-bond acceptors (Lipinski definition) is 4. The van der Waals surface area contributed by atoms with Crippen molar-refractivity contribution in [1.29, 1.82) is 0 Å². The Labute approximate surface area is 150 Å². The average Bonchev–Trinajstić information content (AvgIpc) is 2.96. The number of morpholine rings is 1. The summed E-state index contributed by atoms with van der Waals surface area (Å²) in [6, 6.07) is 8.84. The Morgan fingerprint density at radius 1 is 1.31 bits per heavy atom. The first kappa shape index (κ1) is 18.5. The molecular formula is C18H22F2N4O2. The number of halogens is 2. The van der Waals surface area contributed by atoms with Gasteiger partial charge in [0.05, 0.1) is 18.9 Å². The largest absolute Gasteiger partial charge is 0.379 e. The van der Waals surface area contributed by atoms with Crippen molar-refractivity contribution in [2.75, 3.05) is 31.6 Å². The van der Waals surface area contributed by atoms with Crippen LogP contribution in [0.25, 0.3) is 0 Å². The number of benzene rings is 1. The third-order valence-corrected chi connectivity index (χ3v) is 4.17. The van der Waals surface area contributed by atoms with E-state index in [4.69, 9.17) is 4.74 Å². The van der Waals surface area contributed by atoms with E-state index in [9.17, 15) is 13.6 Å². The van der Waals surface area contributed by atoms with Gasteiger partial charge in [-0.25, -0.2) is 8.78 Å². The standard InChI is InChI=1S/C18H22F2N4O2/c1-13-9-16(18(19)20)24(22-13)12-17(25)21-15-4-2-3-14(10-15)11-23-5-7-26-8-6-23/h2-4,9-10,18H,5-8,11-12H2,1H3,(H,21,25). The van der Waals surface area contributed by atoms with Crippen molar-refractivity contribution in [3.8, 4) is 0 Å². The van der Waals surface area contributed by atoms with E-state index in [0.29, 0.717) is 11.4 Å². The van der Waals surface area contributed by atoms with E-state index in [-0.39, 0.29) is 12.2 Å². The number of carbonyl (C=O) groups excluding carboxylic acids is 1. The number of carbonyl (C=O) groups is 1. The van der Waals surface area contributed by atoms with Crippen molar-refractivity contribution in [2.24, 2.45) is 0 Å². The molecule has 1 aliphatic heterocycles. The number of aryl methyl sites for hydroxylation is 1. The fourth-order valence-corrected chi connectivity index (χ4v) is 2.97. The van der Waals surface area contributed by atoms with E-state index in [2.05, 4.69) is 15.3 Å². The summed E-state index contributed by atoms with van der Waals surface area (Å²) < 4.78 is 32.4. The van der Waals surface area contributed by atoms with Crippen LogP contribution in [0.2, 0.25) is 0 Å². The lowest BCUT2D eigenvalue weighted by Gasteiger charge is -2.26. The number of nitrogens with zero attached hydrogens (tertiary/aromatic N) is 3. The van der Waals surface area contributed by atoms with Gasteiger partial charge < -0.3 is 10.1 Å². The first-order chi connectivity index (χ1) is 12.5. The van der Waals surface area contributed by atoms with Gasteiger partial charge in [0, 0.05) is 25.3 Å². The highest BCUT2D eigenvalue weighted by Crippen LogP contribution is 2.20. The van der Waals surface area contributed by atoms with Gasteiger partial charge >= 0.3 is 0 Å². The molecule has 1 aromatic heterocycles. The van der Waals surface area contributed by atoms with Gasteiger partial charge in [0.1, 0.15) is 12.2 Å². The maximum absolute atomic E-state index is 13.0. The van der Waals surface area contributed by atoms with Gasteiger partial charge in [0.15, 0.2) is 0 Å². The molecular weight excluding hydrogens is 342 g/mol. The van der Waals surface area contributed by atoms with Crippen LogP contribution in [0.3, 0.4) is 0 Å². The monoisotopic (exact) mass is 364 g/mol. The second kappa shape index (κ2) is 8.37. The van der Waals surface area contributed by atoms with Gasteiger partial charge in [-0.2, -0.15) is 5.10 Å². The third-order valence-electron chi connectivity index (χ3n) is 4.17. The molecule has 26 heavy (non-hydrogen) atoms. The molecule has 2 aromatic rings. The fraction of sp³-hybridized carbons (Fsp3) is 0.444. The van der Waals surface area contributed by atoms with Crippen molar-refractivity contribution >= 4 is 11.6 Å². The Hall–Kier alpha value is -2.32. The third kappa shape index (κ3) is 4.86. The van der Waals surface area contributed by atoms with Crippen LogP contribution in [0.5, 0.6) is 0 Å². The predicted molar refractivity (Wildman–Crippen MR) is 93.1 cm³/mol. The smallest absolute Gasteiger partial charge is 0.280 e. The van der Waals surface area contributed by atoms with Crippen molar-refractivity contribution in [1.82, 2.24) is 14.7 Å². The van der Waals surface area contributed by atoms with Crippen LogP contribution in [0.15, 0.2) is 30.3 Å². The minimum absolute atomic E-state index is 0.249. The number of amides is 1. The van der Waals surface area contributed by atoms with Crippen LogP contribution in [-0.2, 0) is 22.6 Å². The summed E-state index contributed by atoms with van der Waals surface area (Å²) in [6.45, 7) is 5.37. The molecule has 2 heterocycles. The Kier molecular flexibility index (Phi) is 5.95. The molecule has 0 atom stereocenters. The molecule has 6 nitrogen and oxygen atoms in total. The minimum Gasteiger partial charge on any atom is -0.379 e. The van der Waals surface area contributed by atoms with Crippen LogP contribution in [0.4, 0.5) is 14.5 Å². The van der Waals surface area contributed by atoms with E-state index in [1.54, 1.807) is 13.0 Å². The molecule has 1 saturated heterocycles. The summed E-state index contributed by atoms with van der Waals surface area (Å²) in [5, 5.41) is 6.72. The quantitative estimate of drug-likeness (QED) is 0.856. The van der Waals surface area contributed by atoms with Gasteiger partial charge in [-0.3, -0.25) is 14.4 Å². The molecule has 0 aliphatic carbocycles. The fourth-order valence-electron chi connectivity index (χ4n) is 2.97. The zero-order valence-corrected chi connectivity index (χ0v) is 14.6. The predicted octanol–water partition coefficient (Wildman–Crippen LogP) is 2.60. The van der Waals surface area contributed by atoms with Gasteiger partial charge in [0.25, 0.3) is 6.43 Å². The van der Waals surface area contributed by atoms with E-state index >= 15 is 0 Å². The number of hydrogen-bond donors (Lipinski definition) is 1. The minimum atomic E-state index is -2.67. The number of nitrogens with one attached hydrogen (secondary N) is 1. The summed E-state index contributed by atoms with van der Waals surface area (Å²) in [6.07, 6.45) is -2.67. The molecule has 0 saturated carbocycles. The summed E-state index contributed by atoms with van der Waals surface area (Å²) >= 11 is 0. The Balaban J connectivity index is 1.61. The molecule has 1 fully saturated rings. The van der Waals surface area contributed by atoms with Crippen LogP contribution in [0.1, 0.15) is 23.4 Å². The van der Waals surface area contributed by atoms with Crippen molar-refractivity contribution in [2.45, 2.75) is 26.4 Å². The van der Waals surface area contributed by atoms with E-state index in [1.165, 1.54) is 6.07 Å². The molecule has 0 radical (unpaired) electrons. The maximum Gasteiger partial charge on any atom is 0.280 e. The molecule has 0 spiro atoms. The second-order valence-corrected chi connectivity index (χ2v) is 6.31. The lowest BCUT2D eigenvalue weighted by molar-refractivity contribution is -0.117. The molecule has 1 amide bonds. The highest BCUT2D eigenvalue weighted by atomic mass is 19.3. The highest BCUT2D eigenvalue weighted by Gasteiger charge is 2.17. The first-order valence-electron chi connectivity index (χ1n) is 8.52. The number of anilines is 1. The normalized spacial score (nSPS) is 15.4. The zero-order chi connectivity index (χ0) is 18.5. The van der Waals surface area contributed by atoms with E-state index in [0.717, 1.165) is 43.1 Å². The summed E-state index contributed by atoms with van der Waals surface area (Å²) in [4.78, 5) is 14.5. The molecule has 1 aliphatic rings. The first-order valence-corrected chi connectivity index (χ1v) is 8.52. The van der Waals surface area contributed by atoms with Gasteiger partial charge in [-0.15, -0.1) is 0 Å². The topological polar surface area (TPSA) is 59.4 Å². The highest BCUT2D eigenvalue weighted by molar-refractivity contribution is 5.90. The second-order valence-electron chi connectivity index (χ2n) is 6.31. The molecule has 3 rings (SSSR count). The lowest BCUT2D eigenvalue weighted by Crippen LogP contribution is -2.35. The van der Waals surface area contributed by atoms with Crippen LogP contribution in [-0.4, -0.2) is 46.9 Å². The number of rotatable bonds is 6. The molecule has 8 heteroatoms. The van der Waals surface area contributed by atoms with Crippen molar-refractivity contribution in [3.63, 3.8) is 0 Å². The van der Waals surface area contributed by atoms with Crippen LogP contribution < -0.4 is 5.32 Å². The summed E-state index contributed by atoms with van der Waals surface area (Å²) in [7, 11) is 0. The van der Waals surface area contributed by atoms with Crippen LogP contribution >= 0.6 is 0 Å². The van der Waals surface area contributed by atoms with Gasteiger partial charge in [-0.1, -0.05) is 12.1 Å². The molecule has 1 aromatic carbocycles. The van der Waals surface area contributed by atoms with Crippen molar-refractivity contribution in [3.05, 3.63) is 47.3 Å². The molecule has 0 bridgehead atoms.